The molecule has 0 bridgehead atoms. The molecule has 3 nitrogen and oxygen atoms in total. The van der Waals surface area contributed by atoms with Crippen molar-refractivity contribution in [2.24, 2.45) is 0 Å². The van der Waals surface area contributed by atoms with Crippen LogP contribution in [0, 0.1) is 0 Å². The lowest BCUT2D eigenvalue weighted by molar-refractivity contribution is -0.120. The largest absolute Gasteiger partial charge is 0.309 e. The monoisotopic (exact) mass is 354 g/mol. The topological polar surface area (TPSA) is 32.3 Å². The van der Waals surface area contributed by atoms with Gasteiger partial charge < -0.3 is 10.2 Å². The Kier molecular flexibility index (Phi) is 8.59. The molecule has 1 heterocycles. The zero-order chi connectivity index (χ0) is 17.5. The van der Waals surface area contributed by atoms with E-state index in [1.807, 2.05) is 13.8 Å². The third-order valence-electron chi connectivity index (χ3n) is 5.69. The maximum absolute atomic E-state index is 11.8. The normalized spacial score (nSPS) is 35.7. The Labute approximate surface area is 153 Å². The highest BCUT2D eigenvalue weighted by molar-refractivity contribution is 8.00. The number of rotatable bonds is 5. The van der Waals surface area contributed by atoms with Gasteiger partial charge in [-0.3, -0.25) is 4.79 Å². The van der Waals surface area contributed by atoms with Gasteiger partial charge in [0, 0.05) is 41.5 Å². The standard InChI is InChI=1S/C18H32N2OS.C2H6/c1-3-9-20(10-4-2)13-5-7-15-17(11-13)22-18-12-14(21)6-8-16(18)19-15;1-2/h13,15-19H,3-12H2,1-2H3;1-2H3. The number of nitrogens with zero attached hydrogens (tertiary/aromatic N) is 1. The van der Waals surface area contributed by atoms with E-state index in [1.165, 1.54) is 45.2 Å². The molecule has 3 rings (SSSR count). The Balaban J connectivity index is 0.00000100. The minimum absolute atomic E-state index is 0.486. The van der Waals surface area contributed by atoms with Crippen LogP contribution in [0.25, 0.3) is 0 Å². The molecule has 0 radical (unpaired) electrons. The Bertz CT molecular complexity index is 384. The van der Waals surface area contributed by atoms with Crippen molar-refractivity contribution in [1.29, 1.82) is 0 Å². The summed E-state index contributed by atoms with van der Waals surface area (Å²) in [5.41, 5.74) is 0. The summed E-state index contributed by atoms with van der Waals surface area (Å²) in [6, 6.07) is 2.06. The number of Topliss-reactive ketones (excluding diaryl/α,β-unsaturated/α-hetero) is 1. The smallest absolute Gasteiger partial charge is 0.134 e. The molecule has 2 aliphatic carbocycles. The van der Waals surface area contributed by atoms with Gasteiger partial charge in [0.05, 0.1) is 0 Å². The highest BCUT2D eigenvalue weighted by Gasteiger charge is 2.43. The van der Waals surface area contributed by atoms with Gasteiger partial charge in [-0.2, -0.15) is 11.8 Å². The first-order valence-electron chi connectivity index (χ1n) is 10.4. The van der Waals surface area contributed by atoms with E-state index in [4.69, 9.17) is 0 Å². The predicted molar refractivity (Wildman–Crippen MR) is 106 cm³/mol. The van der Waals surface area contributed by atoms with Gasteiger partial charge in [0.15, 0.2) is 0 Å². The minimum atomic E-state index is 0.486. The van der Waals surface area contributed by atoms with Crippen LogP contribution in [0.2, 0.25) is 0 Å². The molecule has 0 aromatic heterocycles. The van der Waals surface area contributed by atoms with Gasteiger partial charge in [-0.25, -0.2) is 0 Å². The molecule has 140 valence electrons. The summed E-state index contributed by atoms with van der Waals surface area (Å²) in [4.78, 5) is 14.5. The molecule has 0 spiro atoms. The molecule has 24 heavy (non-hydrogen) atoms. The molecule has 0 aromatic carbocycles. The minimum Gasteiger partial charge on any atom is -0.309 e. The van der Waals surface area contributed by atoms with E-state index in [1.54, 1.807) is 0 Å². The van der Waals surface area contributed by atoms with Crippen LogP contribution in [0.1, 0.15) is 79.1 Å². The lowest BCUT2D eigenvalue weighted by Gasteiger charge is -2.49. The molecular weight excluding hydrogens is 316 g/mol. The zero-order valence-electron chi connectivity index (χ0n) is 16.2. The number of hydrogen-bond acceptors (Lipinski definition) is 4. The van der Waals surface area contributed by atoms with Crippen molar-refractivity contribution in [3.63, 3.8) is 0 Å². The zero-order valence-corrected chi connectivity index (χ0v) is 17.0. The average molecular weight is 355 g/mol. The second kappa shape index (κ2) is 10.2. The van der Waals surface area contributed by atoms with Crippen LogP contribution in [0.15, 0.2) is 0 Å². The van der Waals surface area contributed by atoms with Gasteiger partial charge in [-0.05, 0) is 51.6 Å². The fraction of sp³-hybridized carbons (Fsp3) is 0.950. The molecule has 5 unspecified atom stereocenters. The Morgan fingerprint density at radius 2 is 1.71 bits per heavy atom. The molecule has 2 saturated carbocycles. The van der Waals surface area contributed by atoms with Crippen molar-refractivity contribution in [2.45, 2.75) is 108 Å². The van der Waals surface area contributed by atoms with Gasteiger partial charge in [0.1, 0.15) is 5.78 Å². The summed E-state index contributed by atoms with van der Waals surface area (Å²) in [7, 11) is 0. The van der Waals surface area contributed by atoms with E-state index in [0.717, 1.165) is 30.6 Å². The van der Waals surface area contributed by atoms with Gasteiger partial charge in [0.2, 0.25) is 0 Å². The molecule has 0 aromatic rings. The lowest BCUT2D eigenvalue weighted by Crippen LogP contribution is -2.59. The molecule has 5 atom stereocenters. The molecule has 1 N–H and O–H groups in total. The quantitative estimate of drug-likeness (QED) is 0.800. The molecule has 1 aliphatic heterocycles. The summed E-state index contributed by atoms with van der Waals surface area (Å²) in [5.74, 6) is 0.486. The number of carbonyl (C=O) groups is 1. The average Bonchev–Trinajstić information content (AvgIpc) is 2.61. The Morgan fingerprint density at radius 3 is 2.38 bits per heavy atom. The van der Waals surface area contributed by atoms with Crippen LogP contribution in [0.5, 0.6) is 0 Å². The summed E-state index contributed by atoms with van der Waals surface area (Å²) < 4.78 is 0. The third kappa shape index (κ3) is 4.98. The Morgan fingerprint density at radius 1 is 1.04 bits per heavy atom. The first kappa shape index (κ1) is 20.3. The molecule has 3 aliphatic rings. The first-order chi connectivity index (χ1) is 11.7. The van der Waals surface area contributed by atoms with E-state index >= 15 is 0 Å². The van der Waals surface area contributed by atoms with Crippen LogP contribution in [-0.2, 0) is 4.79 Å². The summed E-state index contributed by atoms with van der Waals surface area (Å²) in [6.45, 7) is 11.1. The highest BCUT2D eigenvalue weighted by atomic mass is 32.2. The number of nitrogens with one attached hydrogen (secondary N) is 1. The van der Waals surface area contributed by atoms with Crippen LogP contribution in [-0.4, -0.2) is 52.4 Å². The summed E-state index contributed by atoms with van der Waals surface area (Å²) in [5, 5.41) is 5.18. The van der Waals surface area contributed by atoms with Gasteiger partial charge in [-0.15, -0.1) is 0 Å². The van der Waals surface area contributed by atoms with Crippen molar-refractivity contribution in [1.82, 2.24) is 10.2 Å². The number of hydrogen-bond donors (Lipinski definition) is 1. The van der Waals surface area contributed by atoms with Gasteiger partial charge >= 0.3 is 0 Å². The van der Waals surface area contributed by atoms with Gasteiger partial charge in [-0.1, -0.05) is 27.7 Å². The van der Waals surface area contributed by atoms with Crippen molar-refractivity contribution in [3.8, 4) is 0 Å². The third-order valence-corrected chi connectivity index (χ3v) is 7.41. The maximum atomic E-state index is 11.8. The number of carbonyl (C=O) groups excluding carboxylic acids is 1. The van der Waals surface area contributed by atoms with Crippen molar-refractivity contribution >= 4 is 17.5 Å². The van der Waals surface area contributed by atoms with Gasteiger partial charge in [0.25, 0.3) is 0 Å². The van der Waals surface area contributed by atoms with E-state index in [9.17, 15) is 4.79 Å². The van der Waals surface area contributed by atoms with Crippen LogP contribution in [0.4, 0.5) is 0 Å². The number of ketones is 1. The number of thioether (sulfide) groups is 1. The molecule has 3 fully saturated rings. The summed E-state index contributed by atoms with van der Waals surface area (Å²) in [6.07, 6.45) is 9.19. The highest BCUT2D eigenvalue weighted by Crippen LogP contribution is 2.42. The first-order valence-corrected chi connectivity index (χ1v) is 11.3. The molecule has 1 saturated heterocycles. The molecular formula is C20H38N2OS. The van der Waals surface area contributed by atoms with Crippen molar-refractivity contribution < 1.29 is 4.79 Å². The fourth-order valence-electron chi connectivity index (χ4n) is 4.64. The molecule has 0 amide bonds. The Hall–Kier alpha value is -0.0600. The second-order valence-corrected chi connectivity index (χ2v) is 8.86. The van der Waals surface area contributed by atoms with E-state index in [-0.39, 0.29) is 0 Å². The van der Waals surface area contributed by atoms with E-state index in [0.29, 0.717) is 23.1 Å². The second-order valence-electron chi connectivity index (χ2n) is 7.38. The number of fused-ring (bicyclic) bond motifs is 2. The van der Waals surface area contributed by atoms with Crippen LogP contribution < -0.4 is 5.32 Å². The summed E-state index contributed by atoms with van der Waals surface area (Å²) >= 11 is 2.15. The van der Waals surface area contributed by atoms with Crippen LogP contribution in [0.3, 0.4) is 0 Å². The SMILES string of the molecule is CC.CCCN(CCC)C1CCC2NC3CCC(=O)CC3SC2C1. The van der Waals surface area contributed by atoms with Crippen molar-refractivity contribution in [3.05, 3.63) is 0 Å². The maximum Gasteiger partial charge on any atom is 0.134 e. The molecule has 4 heteroatoms. The van der Waals surface area contributed by atoms with E-state index < -0.39 is 0 Å². The van der Waals surface area contributed by atoms with Crippen LogP contribution >= 0.6 is 11.8 Å². The predicted octanol–water partition coefficient (Wildman–Crippen LogP) is 4.25. The fourth-order valence-corrected chi connectivity index (χ4v) is 6.51. The lowest BCUT2D eigenvalue weighted by atomic mass is 9.86. The van der Waals surface area contributed by atoms with Crippen molar-refractivity contribution in [2.75, 3.05) is 13.1 Å². The van der Waals surface area contributed by atoms with E-state index in [2.05, 4.69) is 35.8 Å².